The second-order valence-corrected chi connectivity index (χ2v) is 6.89. The second-order valence-electron chi connectivity index (χ2n) is 6.89. The lowest BCUT2D eigenvalue weighted by Gasteiger charge is -2.12. The zero-order valence-electron chi connectivity index (χ0n) is 13.4. The molecule has 0 saturated carbocycles. The number of nitrogens with one attached hydrogen (secondary N) is 2. The summed E-state index contributed by atoms with van der Waals surface area (Å²) in [5, 5.41) is 10.2. The number of hydrogen-bond donors (Lipinski definition) is 2. The van der Waals surface area contributed by atoms with Gasteiger partial charge in [0.2, 0.25) is 11.8 Å². The Hall–Kier alpha value is -1.43. The standard InChI is InChI=1S/C15H26N4O2/c1-10(13-18-14(19-21-13)15(2,3)4)17-12(20)6-5-11-7-8-16-9-11/h10-11,16H,5-9H2,1-4H3,(H,17,20). The molecule has 1 aromatic heterocycles. The van der Waals surface area contributed by atoms with Gasteiger partial charge in [0, 0.05) is 11.8 Å². The first kappa shape index (κ1) is 15.9. The van der Waals surface area contributed by atoms with Crippen LogP contribution in [-0.4, -0.2) is 29.1 Å². The molecule has 1 amide bonds. The lowest BCUT2D eigenvalue weighted by Crippen LogP contribution is -2.27. The zero-order chi connectivity index (χ0) is 15.5. The van der Waals surface area contributed by atoms with Gasteiger partial charge in [-0.1, -0.05) is 25.9 Å². The van der Waals surface area contributed by atoms with Crippen molar-refractivity contribution in [2.45, 2.75) is 58.4 Å². The highest BCUT2D eigenvalue weighted by atomic mass is 16.5. The monoisotopic (exact) mass is 294 g/mol. The molecule has 1 aliphatic rings. The Bertz CT molecular complexity index is 472. The summed E-state index contributed by atoms with van der Waals surface area (Å²) in [6.07, 6.45) is 2.65. The molecule has 6 nitrogen and oxygen atoms in total. The molecular formula is C15H26N4O2. The van der Waals surface area contributed by atoms with E-state index in [-0.39, 0.29) is 17.4 Å². The van der Waals surface area contributed by atoms with Crippen molar-refractivity contribution in [1.29, 1.82) is 0 Å². The molecule has 1 aromatic rings. The van der Waals surface area contributed by atoms with E-state index in [1.807, 2.05) is 27.7 Å². The van der Waals surface area contributed by atoms with Gasteiger partial charge in [-0.3, -0.25) is 4.79 Å². The summed E-state index contributed by atoms with van der Waals surface area (Å²) in [7, 11) is 0. The molecule has 2 N–H and O–H groups in total. The highest BCUT2D eigenvalue weighted by Crippen LogP contribution is 2.21. The number of hydrogen-bond acceptors (Lipinski definition) is 5. The Morgan fingerprint density at radius 3 is 2.86 bits per heavy atom. The van der Waals surface area contributed by atoms with Crippen LogP contribution in [0.15, 0.2) is 4.52 Å². The molecule has 0 spiro atoms. The predicted molar refractivity (Wildman–Crippen MR) is 79.8 cm³/mol. The molecule has 1 fully saturated rings. The number of carbonyl (C=O) groups is 1. The van der Waals surface area contributed by atoms with Crippen molar-refractivity contribution in [3.8, 4) is 0 Å². The van der Waals surface area contributed by atoms with E-state index >= 15 is 0 Å². The van der Waals surface area contributed by atoms with Crippen molar-refractivity contribution in [2.24, 2.45) is 5.92 Å². The highest BCUT2D eigenvalue weighted by Gasteiger charge is 2.24. The number of carbonyl (C=O) groups excluding carboxylic acids is 1. The third kappa shape index (κ3) is 4.52. The van der Waals surface area contributed by atoms with Gasteiger partial charge in [0.1, 0.15) is 6.04 Å². The number of aromatic nitrogens is 2. The first-order chi connectivity index (χ1) is 9.86. The summed E-state index contributed by atoms with van der Waals surface area (Å²) >= 11 is 0. The summed E-state index contributed by atoms with van der Waals surface area (Å²) in [6, 6.07) is -0.247. The number of rotatable bonds is 5. The van der Waals surface area contributed by atoms with Crippen LogP contribution in [0.1, 0.15) is 64.7 Å². The van der Waals surface area contributed by atoms with E-state index in [1.165, 1.54) is 6.42 Å². The molecule has 0 bridgehead atoms. The smallest absolute Gasteiger partial charge is 0.248 e. The minimum Gasteiger partial charge on any atom is -0.345 e. The lowest BCUT2D eigenvalue weighted by atomic mass is 9.96. The van der Waals surface area contributed by atoms with Crippen LogP contribution in [-0.2, 0) is 10.2 Å². The van der Waals surface area contributed by atoms with E-state index < -0.39 is 0 Å². The van der Waals surface area contributed by atoms with Crippen LogP contribution in [0.4, 0.5) is 0 Å². The summed E-state index contributed by atoms with van der Waals surface area (Å²) in [5.41, 5.74) is -0.152. The van der Waals surface area contributed by atoms with Crippen LogP contribution in [0.25, 0.3) is 0 Å². The Morgan fingerprint density at radius 1 is 1.52 bits per heavy atom. The highest BCUT2D eigenvalue weighted by molar-refractivity contribution is 5.76. The van der Waals surface area contributed by atoms with Crippen LogP contribution < -0.4 is 10.6 Å². The first-order valence-electron chi connectivity index (χ1n) is 7.70. The average Bonchev–Trinajstić information content (AvgIpc) is 3.07. The maximum Gasteiger partial charge on any atom is 0.248 e. The molecule has 0 aliphatic carbocycles. The largest absolute Gasteiger partial charge is 0.345 e. The van der Waals surface area contributed by atoms with E-state index in [0.29, 0.717) is 24.1 Å². The maximum atomic E-state index is 12.0. The van der Waals surface area contributed by atoms with Crippen molar-refractivity contribution >= 4 is 5.91 Å². The quantitative estimate of drug-likeness (QED) is 0.867. The van der Waals surface area contributed by atoms with Crippen molar-refractivity contribution in [1.82, 2.24) is 20.8 Å². The predicted octanol–water partition coefficient (Wildman–Crippen LogP) is 1.93. The van der Waals surface area contributed by atoms with Gasteiger partial charge in [-0.05, 0) is 38.8 Å². The topological polar surface area (TPSA) is 80.0 Å². The number of nitrogens with zero attached hydrogens (tertiary/aromatic N) is 2. The van der Waals surface area contributed by atoms with Gasteiger partial charge < -0.3 is 15.2 Å². The van der Waals surface area contributed by atoms with Gasteiger partial charge in [-0.2, -0.15) is 4.98 Å². The third-order valence-electron chi connectivity index (χ3n) is 3.80. The Morgan fingerprint density at radius 2 is 2.29 bits per heavy atom. The molecule has 118 valence electrons. The fourth-order valence-corrected chi connectivity index (χ4v) is 2.39. The van der Waals surface area contributed by atoms with E-state index in [1.54, 1.807) is 0 Å². The van der Waals surface area contributed by atoms with Gasteiger partial charge in [0.15, 0.2) is 5.82 Å². The van der Waals surface area contributed by atoms with Crippen LogP contribution >= 0.6 is 0 Å². The number of amides is 1. The molecule has 1 aliphatic heterocycles. The molecule has 2 atom stereocenters. The molecule has 21 heavy (non-hydrogen) atoms. The SMILES string of the molecule is CC(NC(=O)CCC1CCNC1)c1nc(C(C)(C)C)no1. The maximum absolute atomic E-state index is 12.0. The molecule has 6 heteroatoms. The second kappa shape index (κ2) is 6.56. The van der Waals surface area contributed by atoms with Crippen LogP contribution in [0.5, 0.6) is 0 Å². The van der Waals surface area contributed by atoms with Gasteiger partial charge >= 0.3 is 0 Å². The van der Waals surface area contributed by atoms with Crippen molar-refractivity contribution < 1.29 is 9.32 Å². The van der Waals surface area contributed by atoms with Gasteiger partial charge in [-0.15, -0.1) is 0 Å². The lowest BCUT2D eigenvalue weighted by molar-refractivity contribution is -0.122. The molecule has 2 heterocycles. The zero-order valence-corrected chi connectivity index (χ0v) is 13.4. The summed E-state index contributed by atoms with van der Waals surface area (Å²) < 4.78 is 5.25. The van der Waals surface area contributed by atoms with E-state index in [2.05, 4.69) is 20.8 Å². The Labute approximate surface area is 126 Å². The van der Waals surface area contributed by atoms with Gasteiger partial charge in [0.05, 0.1) is 0 Å². The summed E-state index contributed by atoms with van der Waals surface area (Å²) in [6.45, 7) is 10.1. The van der Waals surface area contributed by atoms with Gasteiger partial charge in [-0.25, -0.2) is 0 Å². The Balaban J connectivity index is 1.81. The van der Waals surface area contributed by atoms with Crippen LogP contribution in [0.2, 0.25) is 0 Å². The van der Waals surface area contributed by atoms with E-state index in [9.17, 15) is 4.79 Å². The Kier molecular flexibility index (Phi) is 4.98. The van der Waals surface area contributed by atoms with Crippen LogP contribution in [0.3, 0.4) is 0 Å². The van der Waals surface area contributed by atoms with Crippen LogP contribution in [0, 0.1) is 5.92 Å². The normalized spacial score (nSPS) is 20.5. The van der Waals surface area contributed by atoms with Crippen molar-refractivity contribution in [3.63, 3.8) is 0 Å². The fraction of sp³-hybridized carbons (Fsp3) is 0.800. The molecule has 1 saturated heterocycles. The first-order valence-corrected chi connectivity index (χ1v) is 7.70. The van der Waals surface area contributed by atoms with Gasteiger partial charge in [0.25, 0.3) is 0 Å². The fourth-order valence-electron chi connectivity index (χ4n) is 2.39. The minimum absolute atomic E-state index is 0.0462. The molecule has 0 radical (unpaired) electrons. The minimum atomic E-state index is -0.247. The summed E-state index contributed by atoms with van der Waals surface area (Å²) in [5.74, 6) is 1.80. The summed E-state index contributed by atoms with van der Waals surface area (Å²) in [4.78, 5) is 16.3. The average molecular weight is 294 g/mol. The third-order valence-corrected chi connectivity index (χ3v) is 3.80. The van der Waals surface area contributed by atoms with Crippen molar-refractivity contribution in [3.05, 3.63) is 11.7 Å². The molecule has 2 rings (SSSR count). The molecule has 0 aromatic carbocycles. The molecule has 2 unspecified atom stereocenters. The van der Waals surface area contributed by atoms with E-state index in [4.69, 9.17) is 4.52 Å². The van der Waals surface area contributed by atoms with Crippen molar-refractivity contribution in [2.75, 3.05) is 13.1 Å². The van der Waals surface area contributed by atoms with E-state index in [0.717, 1.165) is 19.5 Å². The molecular weight excluding hydrogens is 268 g/mol.